The molecule has 0 atom stereocenters. The summed E-state index contributed by atoms with van der Waals surface area (Å²) in [5, 5.41) is 0. The van der Waals surface area contributed by atoms with E-state index in [2.05, 4.69) is 20.7 Å². The second-order valence-electron chi connectivity index (χ2n) is 3.77. The summed E-state index contributed by atoms with van der Waals surface area (Å²) in [7, 11) is -3.99. The quantitative estimate of drug-likeness (QED) is 0.829. The Morgan fingerprint density at radius 3 is 2.79 bits per heavy atom. The van der Waals surface area contributed by atoms with Gasteiger partial charge in [-0.15, -0.1) is 0 Å². The highest BCUT2D eigenvalue weighted by Gasteiger charge is 2.21. The number of nitrogen functional groups attached to an aromatic ring is 1. The van der Waals surface area contributed by atoms with Crippen LogP contribution in [0.2, 0.25) is 0 Å². The molecule has 0 amide bonds. The van der Waals surface area contributed by atoms with Crippen molar-refractivity contribution in [2.45, 2.75) is 11.4 Å². The number of anilines is 1. The average molecular weight is 349 g/mol. The molecule has 0 bridgehead atoms. The van der Waals surface area contributed by atoms with E-state index in [-0.39, 0.29) is 16.7 Å². The first-order valence-electron chi connectivity index (χ1n) is 5.15. The number of nitrogens with one attached hydrogen (secondary N) is 1. The largest absolute Gasteiger partial charge is 0.472 e. The van der Waals surface area contributed by atoms with Gasteiger partial charge in [-0.2, -0.15) is 0 Å². The van der Waals surface area contributed by atoms with Gasteiger partial charge < -0.3 is 10.2 Å². The molecule has 2 aromatic rings. The Bertz CT molecular complexity index is 686. The van der Waals surface area contributed by atoms with Crippen LogP contribution in [-0.2, 0) is 16.6 Å². The van der Waals surface area contributed by atoms with Crippen LogP contribution in [0.4, 0.5) is 10.1 Å². The first-order chi connectivity index (χ1) is 8.90. The van der Waals surface area contributed by atoms with Gasteiger partial charge in [0.1, 0.15) is 4.90 Å². The number of sulfonamides is 1. The molecule has 19 heavy (non-hydrogen) atoms. The molecule has 8 heteroatoms. The van der Waals surface area contributed by atoms with Crippen molar-refractivity contribution in [2.75, 3.05) is 5.73 Å². The molecular weight excluding hydrogens is 339 g/mol. The molecule has 0 unspecified atom stereocenters. The molecule has 1 aromatic carbocycles. The van der Waals surface area contributed by atoms with E-state index in [9.17, 15) is 12.8 Å². The molecule has 0 spiro atoms. The van der Waals surface area contributed by atoms with Crippen LogP contribution in [0.15, 0.2) is 44.5 Å². The van der Waals surface area contributed by atoms with E-state index < -0.39 is 20.7 Å². The molecule has 0 aliphatic carbocycles. The second kappa shape index (κ2) is 5.32. The van der Waals surface area contributed by atoms with Crippen LogP contribution >= 0.6 is 15.9 Å². The summed E-state index contributed by atoms with van der Waals surface area (Å²) in [6.07, 6.45) is 2.81. The summed E-state index contributed by atoms with van der Waals surface area (Å²) in [5.74, 6) is -0.881. The van der Waals surface area contributed by atoms with Gasteiger partial charge in [0.05, 0.1) is 17.0 Å². The van der Waals surface area contributed by atoms with Crippen LogP contribution in [-0.4, -0.2) is 8.42 Å². The Morgan fingerprint density at radius 2 is 2.16 bits per heavy atom. The molecule has 0 saturated heterocycles. The number of furan rings is 1. The van der Waals surface area contributed by atoms with Crippen molar-refractivity contribution in [3.8, 4) is 0 Å². The summed E-state index contributed by atoms with van der Waals surface area (Å²) >= 11 is 2.92. The van der Waals surface area contributed by atoms with Crippen molar-refractivity contribution in [3.63, 3.8) is 0 Å². The molecule has 0 saturated carbocycles. The third kappa shape index (κ3) is 3.14. The van der Waals surface area contributed by atoms with E-state index in [1.54, 1.807) is 6.07 Å². The Balaban J connectivity index is 2.29. The second-order valence-corrected chi connectivity index (χ2v) is 6.36. The summed E-state index contributed by atoms with van der Waals surface area (Å²) in [6, 6.07) is 3.97. The Labute approximate surface area is 117 Å². The van der Waals surface area contributed by atoms with Gasteiger partial charge in [-0.25, -0.2) is 17.5 Å². The van der Waals surface area contributed by atoms with Crippen LogP contribution < -0.4 is 10.5 Å². The Hall–Kier alpha value is -1.38. The van der Waals surface area contributed by atoms with E-state index in [1.165, 1.54) is 18.6 Å². The van der Waals surface area contributed by atoms with Crippen molar-refractivity contribution in [3.05, 3.63) is 46.6 Å². The number of halogens is 2. The summed E-state index contributed by atoms with van der Waals surface area (Å²) in [5.41, 5.74) is 6.29. The summed E-state index contributed by atoms with van der Waals surface area (Å²) < 4.78 is 44.9. The molecule has 0 aliphatic rings. The minimum absolute atomic E-state index is 0.00353. The van der Waals surface area contributed by atoms with Crippen molar-refractivity contribution >= 4 is 31.6 Å². The summed E-state index contributed by atoms with van der Waals surface area (Å²) in [4.78, 5) is -0.497. The normalized spacial score (nSPS) is 11.7. The molecule has 0 fully saturated rings. The maximum absolute atomic E-state index is 13.8. The van der Waals surface area contributed by atoms with Crippen LogP contribution in [0.1, 0.15) is 5.56 Å². The maximum Gasteiger partial charge on any atom is 0.243 e. The lowest BCUT2D eigenvalue weighted by atomic mass is 10.3. The standard InChI is InChI=1S/C11H10BrFN2O3S/c12-9-3-8(14)4-10(11(9)13)19(16,17)15-5-7-1-2-18-6-7/h1-4,6,15H,5,14H2. The molecule has 1 heterocycles. The zero-order valence-corrected chi connectivity index (χ0v) is 12.0. The van der Waals surface area contributed by atoms with Gasteiger partial charge in [-0.05, 0) is 34.1 Å². The highest BCUT2D eigenvalue weighted by atomic mass is 79.9. The van der Waals surface area contributed by atoms with Crippen molar-refractivity contribution in [2.24, 2.45) is 0 Å². The lowest BCUT2D eigenvalue weighted by Crippen LogP contribution is -2.24. The minimum atomic E-state index is -3.99. The van der Waals surface area contributed by atoms with Crippen LogP contribution in [0.25, 0.3) is 0 Å². The molecular formula is C11H10BrFN2O3S. The SMILES string of the molecule is Nc1cc(Br)c(F)c(S(=O)(=O)NCc2ccoc2)c1. The Morgan fingerprint density at radius 1 is 1.42 bits per heavy atom. The van der Waals surface area contributed by atoms with Crippen molar-refractivity contribution < 1.29 is 17.2 Å². The third-order valence-corrected chi connectivity index (χ3v) is 4.33. The first kappa shape index (κ1) is 14.0. The van der Waals surface area contributed by atoms with Crippen molar-refractivity contribution in [1.82, 2.24) is 4.72 Å². The highest BCUT2D eigenvalue weighted by molar-refractivity contribution is 9.10. The van der Waals surface area contributed by atoms with Gasteiger partial charge in [0, 0.05) is 17.8 Å². The van der Waals surface area contributed by atoms with Gasteiger partial charge in [0.15, 0.2) is 5.82 Å². The van der Waals surface area contributed by atoms with E-state index in [0.29, 0.717) is 5.56 Å². The first-order valence-corrected chi connectivity index (χ1v) is 7.43. The molecule has 1 aromatic heterocycles. The number of nitrogens with two attached hydrogens (primary N) is 1. The zero-order chi connectivity index (χ0) is 14.0. The predicted molar refractivity (Wildman–Crippen MR) is 71.2 cm³/mol. The van der Waals surface area contributed by atoms with Gasteiger partial charge in [0.25, 0.3) is 0 Å². The molecule has 0 radical (unpaired) electrons. The molecule has 3 N–H and O–H groups in total. The van der Waals surface area contributed by atoms with Crippen molar-refractivity contribution in [1.29, 1.82) is 0 Å². The predicted octanol–water partition coefficient (Wildman–Crippen LogP) is 2.24. The van der Waals surface area contributed by atoms with E-state index in [0.717, 1.165) is 6.07 Å². The average Bonchev–Trinajstić information content (AvgIpc) is 2.84. The topological polar surface area (TPSA) is 85.3 Å². The summed E-state index contributed by atoms with van der Waals surface area (Å²) in [6.45, 7) is 0.00465. The lowest BCUT2D eigenvalue weighted by molar-refractivity contribution is 0.551. The molecule has 2 rings (SSSR count). The highest BCUT2D eigenvalue weighted by Crippen LogP contribution is 2.26. The monoisotopic (exact) mass is 348 g/mol. The zero-order valence-electron chi connectivity index (χ0n) is 9.56. The van der Waals surface area contributed by atoms with Crippen LogP contribution in [0, 0.1) is 5.82 Å². The molecule has 0 aliphatic heterocycles. The van der Waals surface area contributed by atoms with Crippen LogP contribution in [0.5, 0.6) is 0 Å². The van der Waals surface area contributed by atoms with E-state index in [4.69, 9.17) is 10.2 Å². The van der Waals surface area contributed by atoms with Gasteiger partial charge in [-0.3, -0.25) is 0 Å². The number of benzene rings is 1. The van der Waals surface area contributed by atoms with Gasteiger partial charge in [-0.1, -0.05) is 0 Å². The minimum Gasteiger partial charge on any atom is -0.472 e. The molecule has 5 nitrogen and oxygen atoms in total. The maximum atomic E-state index is 13.8. The van der Waals surface area contributed by atoms with Crippen LogP contribution in [0.3, 0.4) is 0 Å². The lowest BCUT2D eigenvalue weighted by Gasteiger charge is -2.08. The Kier molecular flexibility index (Phi) is 3.93. The molecule has 102 valence electrons. The van der Waals surface area contributed by atoms with Gasteiger partial charge >= 0.3 is 0 Å². The fourth-order valence-corrected chi connectivity index (χ4v) is 3.19. The number of hydrogen-bond acceptors (Lipinski definition) is 4. The number of hydrogen-bond donors (Lipinski definition) is 2. The fourth-order valence-electron chi connectivity index (χ4n) is 1.43. The van der Waals surface area contributed by atoms with E-state index in [1.807, 2.05) is 0 Å². The smallest absolute Gasteiger partial charge is 0.243 e. The fraction of sp³-hybridized carbons (Fsp3) is 0.0909. The van der Waals surface area contributed by atoms with Gasteiger partial charge in [0.2, 0.25) is 10.0 Å². The van der Waals surface area contributed by atoms with E-state index >= 15 is 0 Å². The third-order valence-electron chi connectivity index (χ3n) is 2.35. The number of rotatable bonds is 4.